The van der Waals surface area contributed by atoms with Crippen molar-refractivity contribution in [3.63, 3.8) is 0 Å². The molecule has 0 saturated carbocycles. The van der Waals surface area contributed by atoms with E-state index < -0.39 is 0 Å². The van der Waals surface area contributed by atoms with E-state index in [0.717, 1.165) is 11.3 Å². The Labute approximate surface area is 151 Å². The molecule has 0 bridgehead atoms. The van der Waals surface area contributed by atoms with Crippen LogP contribution in [0.15, 0.2) is 48.7 Å². The zero-order valence-electron chi connectivity index (χ0n) is 14.8. The lowest BCUT2D eigenvalue weighted by Crippen LogP contribution is -2.00. The van der Waals surface area contributed by atoms with Crippen molar-refractivity contribution in [2.75, 3.05) is 32.4 Å². The van der Waals surface area contributed by atoms with Crippen LogP contribution < -0.4 is 25.3 Å². The lowest BCUT2D eigenvalue weighted by atomic mass is 10.2. The fraction of sp³-hybridized carbons (Fsp3) is 0.158. The summed E-state index contributed by atoms with van der Waals surface area (Å²) in [6.45, 7) is 0. The largest absolute Gasteiger partial charge is 0.493 e. The van der Waals surface area contributed by atoms with Crippen LogP contribution in [-0.2, 0) is 0 Å². The topological polar surface area (TPSA) is 91.5 Å². The number of nitrogens with one attached hydrogen (secondary N) is 1. The highest BCUT2D eigenvalue weighted by Crippen LogP contribution is 2.40. The van der Waals surface area contributed by atoms with Crippen LogP contribution in [0.4, 0.5) is 17.2 Å². The van der Waals surface area contributed by atoms with Crippen molar-refractivity contribution in [2.45, 2.75) is 0 Å². The highest BCUT2D eigenvalue weighted by Gasteiger charge is 2.13. The molecule has 0 saturated heterocycles. The Morgan fingerprint density at radius 3 is 2.27 bits per heavy atom. The zero-order valence-corrected chi connectivity index (χ0v) is 14.8. The molecule has 0 amide bonds. The molecule has 7 nitrogen and oxygen atoms in total. The standard InChI is InChI=1S/C19H20N4O3/c1-24-15-10-14(11-16(25-2)18(15)26-3)22-17-7-8-21-19(23-17)12-5-4-6-13(20)9-12/h4-11H,20H2,1-3H3,(H,21,22,23). The maximum absolute atomic E-state index is 5.84. The van der Waals surface area contributed by atoms with Crippen LogP contribution in [0.25, 0.3) is 11.4 Å². The van der Waals surface area contributed by atoms with Crippen LogP contribution in [-0.4, -0.2) is 31.3 Å². The number of nitrogens with zero attached hydrogens (tertiary/aromatic N) is 2. The fourth-order valence-electron chi connectivity index (χ4n) is 2.55. The molecule has 0 unspecified atom stereocenters. The third kappa shape index (κ3) is 3.61. The molecule has 0 aliphatic rings. The van der Waals surface area contributed by atoms with Crippen molar-refractivity contribution in [3.05, 3.63) is 48.7 Å². The van der Waals surface area contributed by atoms with Crippen molar-refractivity contribution < 1.29 is 14.2 Å². The first-order chi connectivity index (χ1) is 12.6. The number of anilines is 3. The molecule has 3 rings (SSSR count). The summed E-state index contributed by atoms with van der Waals surface area (Å²) in [6.07, 6.45) is 1.69. The van der Waals surface area contributed by atoms with E-state index in [0.29, 0.717) is 34.6 Å². The number of aromatic nitrogens is 2. The van der Waals surface area contributed by atoms with Gasteiger partial charge >= 0.3 is 0 Å². The summed E-state index contributed by atoms with van der Waals surface area (Å²) in [4.78, 5) is 8.85. The van der Waals surface area contributed by atoms with E-state index in [1.165, 1.54) is 0 Å². The van der Waals surface area contributed by atoms with Gasteiger partial charge in [-0.1, -0.05) is 12.1 Å². The number of nitrogens with two attached hydrogens (primary N) is 1. The number of hydrogen-bond donors (Lipinski definition) is 2. The van der Waals surface area contributed by atoms with Crippen LogP contribution in [0.1, 0.15) is 0 Å². The van der Waals surface area contributed by atoms with Crippen molar-refractivity contribution in [1.29, 1.82) is 0 Å². The third-order valence-corrected chi connectivity index (χ3v) is 3.74. The molecule has 2 aromatic carbocycles. The van der Waals surface area contributed by atoms with Gasteiger partial charge in [-0.3, -0.25) is 0 Å². The fourth-order valence-corrected chi connectivity index (χ4v) is 2.55. The summed E-state index contributed by atoms with van der Waals surface area (Å²) in [5.74, 6) is 2.85. The molecular weight excluding hydrogens is 332 g/mol. The van der Waals surface area contributed by atoms with Gasteiger partial charge < -0.3 is 25.3 Å². The predicted octanol–water partition coefficient (Wildman–Crippen LogP) is 3.50. The molecule has 1 aromatic heterocycles. The maximum Gasteiger partial charge on any atom is 0.203 e. The Balaban J connectivity index is 1.93. The molecule has 0 spiro atoms. The summed E-state index contributed by atoms with van der Waals surface area (Å²) in [7, 11) is 4.71. The zero-order chi connectivity index (χ0) is 18.5. The van der Waals surface area contributed by atoms with E-state index in [1.54, 1.807) is 33.6 Å². The molecule has 134 valence electrons. The molecule has 3 aromatic rings. The SMILES string of the molecule is COc1cc(Nc2ccnc(-c3cccc(N)c3)n2)cc(OC)c1OC. The minimum Gasteiger partial charge on any atom is -0.493 e. The van der Waals surface area contributed by atoms with Crippen LogP contribution in [0.2, 0.25) is 0 Å². The minimum absolute atomic E-state index is 0.531. The number of ether oxygens (including phenoxy) is 3. The second-order valence-corrected chi connectivity index (χ2v) is 5.43. The number of hydrogen-bond acceptors (Lipinski definition) is 7. The average molecular weight is 352 g/mol. The van der Waals surface area contributed by atoms with Crippen LogP contribution in [0.5, 0.6) is 17.2 Å². The number of benzene rings is 2. The van der Waals surface area contributed by atoms with Gasteiger partial charge in [0.2, 0.25) is 5.75 Å². The normalized spacial score (nSPS) is 10.3. The first-order valence-electron chi connectivity index (χ1n) is 7.90. The van der Waals surface area contributed by atoms with Crippen LogP contribution in [0, 0.1) is 0 Å². The molecule has 0 aliphatic heterocycles. The van der Waals surface area contributed by atoms with Gasteiger partial charge in [0.05, 0.1) is 21.3 Å². The van der Waals surface area contributed by atoms with E-state index in [2.05, 4.69) is 15.3 Å². The number of rotatable bonds is 6. The molecule has 0 fully saturated rings. The van der Waals surface area contributed by atoms with Crippen LogP contribution >= 0.6 is 0 Å². The smallest absolute Gasteiger partial charge is 0.203 e. The van der Waals surface area contributed by atoms with Gasteiger partial charge in [-0.25, -0.2) is 9.97 Å². The molecule has 1 heterocycles. The molecule has 26 heavy (non-hydrogen) atoms. The van der Waals surface area contributed by atoms with Gasteiger partial charge in [-0.2, -0.15) is 0 Å². The lowest BCUT2D eigenvalue weighted by molar-refractivity contribution is 0.324. The average Bonchev–Trinajstić information content (AvgIpc) is 2.67. The summed E-state index contributed by atoms with van der Waals surface area (Å²) in [6, 6.07) is 12.8. The Bertz CT molecular complexity index is 890. The summed E-state index contributed by atoms with van der Waals surface area (Å²) in [5, 5.41) is 3.23. The second-order valence-electron chi connectivity index (χ2n) is 5.43. The van der Waals surface area contributed by atoms with Crippen molar-refractivity contribution in [2.24, 2.45) is 0 Å². The summed E-state index contributed by atoms with van der Waals surface area (Å²) in [5.41, 5.74) is 8.09. The Hall–Kier alpha value is -3.48. The van der Waals surface area contributed by atoms with E-state index >= 15 is 0 Å². The van der Waals surface area contributed by atoms with E-state index in [1.807, 2.05) is 36.4 Å². The number of methoxy groups -OCH3 is 3. The van der Waals surface area contributed by atoms with Gasteiger partial charge in [0.25, 0.3) is 0 Å². The van der Waals surface area contributed by atoms with Gasteiger partial charge in [-0.15, -0.1) is 0 Å². The Morgan fingerprint density at radius 1 is 0.923 bits per heavy atom. The van der Waals surface area contributed by atoms with Gasteiger partial charge in [-0.05, 0) is 18.2 Å². The van der Waals surface area contributed by atoms with Crippen molar-refractivity contribution >= 4 is 17.2 Å². The molecule has 0 radical (unpaired) electrons. The van der Waals surface area contributed by atoms with Crippen LogP contribution in [0.3, 0.4) is 0 Å². The van der Waals surface area contributed by atoms with Crippen molar-refractivity contribution in [3.8, 4) is 28.6 Å². The first kappa shape index (κ1) is 17.3. The summed E-state index contributed by atoms with van der Waals surface area (Å²) < 4.78 is 16.1. The van der Waals surface area contributed by atoms with Crippen molar-refractivity contribution in [1.82, 2.24) is 9.97 Å². The van der Waals surface area contributed by atoms with E-state index in [9.17, 15) is 0 Å². The molecular formula is C19H20N4O3. The summed E-state index contributed by atoms with van der Waals surface area (Å²) >= 11 is 0. The molecule has 0 aliphatic carbocycles. The van der Waals surface area contributed by atoms with E-state index in [-0.39, 0.29) is 0 Å². The Morgan fingerprint density at radius 2 is 1.65 bits per heavy atom. The maximum atomic E-state index is 5.84. The van der Waals surface area contributed by atoms with Gasteiger partial charge in [0.15, 0.2) is 17.3 Å². The number of nitrogen functional groups attached to an aromatic ring is 1. The second kappa shape index (κ2) is 7.60. The Kier molecular flexibility index (Phi) is 5.07. The van der Waals surface area contributed by atoms with Gasteiger partial charge in [0.1, 0.15) is 5.82 Å². The highest BCUT2D eigenvalue weighted by atomic mass is 16.5. The predicted molar refractivity (Wildman–Crippen MR) is 101 cm³/mol. The highest BCUT2D eigenvalue weighted by molar-refractivity contribution is 5.68. The third-order valence-electron chi connectivity index (χ3n) is 3.74. The monoisotopic (exact) mass is 352 g/mol. The molecule has 3 N–H and O–H groups in total. The minimum atomic E-state index is 0.531. The van der Waals surface area contributed by atoms with E-state index in [4.69, 9.17) is 19.9 Å². The quantitative estimate of drug-likeness (QED) is 0.656. The molecule has 7 heteroatoms. The molecule has 0 atom stereocenters. The lowest BCUT2D eigenvalue weighted by Gasteiger charge is -2.15. The first-order valence-corrected chi connectivity index (χ1v) is 7.90. The van der Waals surface area contributed by atoms with Gasteiger partial charge in [0, 0.05) is 35.3 Å².